The van der Waals surface area contributed by atoms with Crippen molar-refractivity contribution in [3.8, 4) is 0 Å². The van der Waals surface area contributed by atoms with E-state index in [1.165, 1.54) is 19.3 Å². The molecule has 0 aliphatic carbocycles. The number of ether oxygens (including phenoxy) is 2. The van der Waals surface area contributed by atoms with Crippen LogP contribution in [0.4, 0.5) is 0 Å². The van der Waals surface area contributed by atoms with Crippen molar-refractivity contribution >= 4 is 0 Å². The Morgan fingerprint density at radius 1 is 1.33 bits per heavy atom. The molecule has 2 N–H and O–H groups in total. The molecule has 0 saturated carbocycles. The van der Waals surface area contributed by atoms with Crippen LogP contribution in [-0.4, -0.2) is 50.1 Å². The zero-order valence-electron chi connectivity index (χ0n) is 11.6. The average Bonchev–Trinajstić information content (AvgIpc) is 2.42. The minimum atomic E-state index is 0.0489. The Kier molecular flexibility index (Phi) is 5.89. The number of nitrogens with two attached hydrogens (primary N) is 1. The van der Waals surface area contributed by atoms with E-state index in [1.807, 2.05) is 0 Å². The van der Waals surface area contributed by atoms with E-state index >= 15 is 0 Å². The molecule has 2 fully saturated rings. The first-order chi connectivity index (χ1) is 8.79. The second-order valence-electron chi connectivity index (χ2n) is 5.59. The van der Waals surface area contributed by atoms with Crippen LogP contribution in [0.2, 0.25) is 0 Å². The van der Waals surface area contributed by atoms with Crippen molar-refractivity contribution in [3.05, 3.63) is 0 Å². The van der Waals surface area contributed by atoms with E-state index in [4.69, 9.17) is 15.2 Å². The molecule has 0 aromatic rings. The van der Waals surface area contributed by atoms with Gasteiger partial charge in [0.05, 0.1) is 6.61 Å². The lowest BCUT2D eigenvalue weighted by Crippen LogP contribution is -2.47. The van der Waals surface area contributed by atoms with Crippen molar-refractivity contribution in [1.82, 2.24) is 4.90 Å². The molecule has 2 rings (SSSR count). The van der Waals surface area contributed by atoms with Crippen molar-refractivity contribution in [2.75, 3.05) is 32.8 Å². The van der Waals surface area contributed by atoms with Crippen molar-refractivity contribution in [2.24, 2.45) is 11.7 Å². The summed E-state index contributed by atoms with van der Waals surface area (Å²) >= 11 is 0. The molecule has 0 amide bonds. The number of rotatable bonds is 5. The van der Waals surface area contributed by atoms with Crippen LogP contribution in [-0.2, 0) is 9.47 Å². The lowest BCUT2D eigenvalue weighted by molar-refractivity contribution is -0.164. The largest absolute Gasteiger partial charge is 0.353 e. The predicted molar refractivity (Wildman–Crippen MR) is 72.4 cm³/mol. The van der Waals surface area contributed by atoms with E-state index in [1.54, 1.807) is 0 Å². The molecular formula is C14H28N2O2. The van der Waals surface area contributed by atoms with Gasteiger partial charge < -0.3 is 20.1 Å². The Bertz CT molecular complexity index is 232. The normalized spacial score (nSPS) is 34.7. The van der Waals surface area contributed by atoms with Gasteiger partial charge in [0.15, 0.2) is 6.29 Å². The molecule has 0 aromatic heterocycles. The lowest BCUT2D eigenvalue weighted by Gasteiger charge is -2.36. The highest BCUT2D eigenvalue weighted by molar-refractivity contribution is 4.81. The van der Waals surface area contributed by atoms with Gasteiger partial charge >= 0.3 is 0 Å². The lowest BCUT2D eigenvalue weighted by atomic mass is 9.91. The molecule has 0 aromatic carbocycles. The number of hydrogen-bond acceptors (Lipinski definition) is 4. The minimum Gasteiger partial charge on any atom is -0.353 e. The van der Waals surface area contributed by atoms with E-state index in [0.29, 0.717) is 12.0 Å². The van der Waals surface area contributed by atoms with Gasteiger partial charge in [0.2, 0.25) is 0 Å². The number of piperidine rings is 1. The molecule has 2 saturated heterocycles. The van der Waals surface area contributed by atoms with Gasteiger partial charge in [-0.1, -0.05) is 13.3 Å². The number of hydrogen-bond donors (Lipinski definition) is 1. The van der Waals surface area contributed by atoms with E-state index < -0.39 is 0 Å². The molecule has 2 heterocycles. The second kappa shape index (κ2) is 7.43. The van der Waals surface area contributed by atoms with Crippen LogP contribution in [0.5, 0.6) is 0 Å². The molecule has 0 bridgehead atoms. The second-order valence-corrected chi connectivity index (χ2v) is 5.59. The Morgan fingerprint density at radius 3 is 2.94 bits per heavy atom. The Hall–Kier alpha value is -0.160. The van der Waals surface area contributed by atoms with Crippen LogP contribution in [0.15, 0.2) is 0 Å². The molecule has 3 atom stereocenters. The van der Waals surface area contributed by atoms with Crippen molar-refractivity contribution in [3.63, 3.8) is 0 Å². The summed E-state index contributed by atoms with van der Waals surface area (Å²) in [6.45, 7) is 7.15. The smallest absolute Gasteiger partial charge is 0.157 e. The van der Waals surface area contributed by atoms with Gasteiger partial charge in [0, 0.05) is 25.7 Å². The van der Waals surface area contributed by atoms with Gasteiger partial charge in [-0.05, 0) is 38.1 Å². The third-order valence-corrected chi connectivity index (χ3v) is 4.25. The average molecular weight is 256 g/mol. The van der Waals surface area contributed by atoms with Gasteiger partial charge in [-0.25, -0.2) is 0 Å². The fraction of sp³-hybridized carbons (Fsp3) is 1.00. The van der Waals surface area contributed by atoms with Crippen LogP contribution in [0.1, 0.15) is 39.0 Å². The standard InChI is InChI=1S/C14H28N2O2/c1-2-12-11-16(7-6-13(12)15)8-10-18-14-5-3-4-9-17-14/h12-14H,2-11,15H2,1H3. The highest BCUT2D eigenvalue weighted by atomic mass is 16.7. The maximum atomic E-state index is 6.12. The maximum Gasteiger partial charge on any atom is 0.157 e. The van der Waals surface area contributed by atoms with Gasteiger partial charge in [0.25, 0.3) is 0 Å². The molecule has 0 radical (unpaired) electrons. The fourth-order valence-corrected chi connectivity index (χ4v) is 2.92. The van der Waals surface area contributed by atoms with E-state index in [2.05, 4.69) is 11.8 Å². The summed E-state index contributed by atoms with van der Waals surface area (Å²) in [6.07, 6.45) is 5.83. The predicted octanol–water partition coefficient (Wildman–Crippen LogP) is 1.59. The first-order valence-electron chi connectivity index (χ1n) is 7.50. The van der Waals surface area contributed by atoms with E-state index in [0.717, 1.165) is 45.7 Å². The quantitative estimate of drug-likeness (QED) is 0.811. The van der Waals surface area contributed by atoms with Crippen molar-refractivity contribution in [1.29, 1.82) is 0 Å². The summed E-state index contributed by atoms with van der Waals surface area (Å²) in [5, 5.41) is 0. The molecule has 106 valence electrons. The monoisotopic (exact) mass is 256 g/mol. The summed E-state index contributed by atoms with van der Waals surface area (Å²) in [6, 6.07) is 0.397. The Balaban J connectivity index is 1.61. The van der Waals surface area contributed by atoms with Crippen LogP contribution >= 0.6 is 0 Å². The topological polar surface area (TPSA) is 47.7 Å². The van der Waals surface area contributed by atoms with E-state index in [9.17, 15) is 0 Å². The first kappa shape index (κ1) is 14.3. The van der Waals surface area contributed by atoms with Gasteiger partial charge in [-0.3, -0.25) is 0 Å². The van der Waals surface area contributed by atoms with E-state index in [-0.39, 0.29) is 6.29 Å². The highest BCUT2D eigenvalue weighted by Gasteiger charge is 2.25. The van der Waals surface area contributed by atoms with Crippen LogP contribution < -0.4 is 5.73 Å². The Labute approximate surface area is 111 Å². The fourth-order valence-electron chi connectivity index (χ4n) is 2.92. The molecular weight excluding hydrogens is 228 g/mol. The molecule has 0 spiro atoms. The van der Waals surface area contributed by atoms with Gasteiger partial charge in [-0.15, -0.1) is 0 Å². The molecule has 4 nitrogen and oxygen atoms in total. The Morgan fingerprint density at radius 2 is 2.22 bits per heavy atom. The first-order valence-corrected chi connectivity index (χ1v) is 7.50. The number of likely N-dealkylation sites (tertiary alicyclic amines) is 1. The minimum absolute atomic E-state index is 0.0489. The molecule has 3 unspecified atom stereocenters. The summed E-state index contributed by atoms with van der Waals surface area (Å²) in [4.78, 5) is 2.49. The SMILES string of the molecule is CCC1CN(CCOC2CCCCO2)CCC1N. The van der Waals surface area contributed by atoms with Crippen molar-refractivity contribution in [2.45, 2.75) is 51.4 Å². The molecule has 2 aliphatic rings. The van der Waals surface area contributed by atoms with Crippen molar-refractivity contribution < 1.29 is 9.47 Å². The molecule has 2 aliphatic heterocycles. The van der Waals surface area contributed by atoms with Crippen LogP contribution in [0, 0.1) is 5.92 Å². The third kappa shape index (κ3) is 4.19. The summed E-state index contributed by atoms with van der Waals surface area (Å²) in [7, 11) is 0. The molecule has 18 heavy (non-hydrogen) atoms. The summed E-state index contributed by atoms with van der Waals surface area (Å²) in [5.41, 5.74) is 6.12. The van der Waals surface area contributed by atoms with Gasteiger partial charge in [0.1, 0.15) is 0 Å². The number of nitrogens with zero attached hydrogens (tertiary/aromatic N) is 1. The zero-order valence-corrected chi connectivity index (χ0v) is 11.6. The summed E-state index contributed by atoms with van der Waals surface area (Å²) in [5.74, 6) is 0.657. The maximum absolute atomic E-state index is 6.12. The van der Waals surface area contributed by atoms with Gasteiger partial charge in [-0.2, -0.15) is 0 Å². The third-order valence-electron chi connectivity index (χ3n) is 4.25. The van der Waals surface area contributed by atoms with Crippen LogP contribution in [0.25, 0.3) is 0 Å². The van der Waals surface area contributed by atoms with Crippen LogP contribution in [0.3, 0.4) is 0 Å². The molecule has 4 heteroatoms. The zero-order chi connectivity index (χ0) is 12.8. The summed E-state index contributed by atoms with van der Waals surface area (Å²) < 4.78 is 11.4. The highest BCUT2D eigenvalue weighted by Crippen LogP contribution is 2.18.